The Morgan fingerprint density at radius 3 is 1.68 bits per heavy atom. The van der Waals surface area contributed by atoms with Gasteiger partial charge in [0.1, 0.15) is 0 Å². The second-order valence-corrected chi connectivity index (χ2v) is 22.0. The van der Waals surface area contributed by atoms with Gasteiger partial charge in [0, 0.05) is 37.1 Å². The average Bonchev–Trinajstić information content (AvgIpc) is 3.99. The molecular weight excluding hydrogens is 925 g/mol. The first-order valence-electron chi connectivity index (χ1n) is 24.1. The Labute approximate surface area is 415 Å². The Balaban J connectivity index is 0.918. The molecule has 1 atom stereocenters. The first-order chi connectivity index (χ1) is 33.5. The summed E-state index contributed by atoms with van der Waals surface area (Å²) >= 11 is 8.26. The first-order valence-corrected chi connectivity index (χ1v) is 26.5. The molecule has 0 fully saturated rings. The van der Waals surface area contributed by atoms with Crippen molar-refractivity contribution >= 4 is 98.2 Å². The van der Waals surface area contributed by atoms with E-state index < -0.39 is 0 Å². The maximum Gasteiger partial charge on any atom is 0.239 e. The Bertz CT molecular complexity index is 3800. The van der Waals surface area contributed by atoms with E-state index in [4.69, 9.17) is 0 Å². The van der Waals surface area contributed by atoms with Crippen molar-refractivity contribution in [2.24, 2.45) is 5.92 Å². The largest absolute Gasteiger partial charge is 0.239 e. The predicted molar refractivity (Wildman–Crippen MR) is 300 cm³/mol. The molecule has 0 N–H and O–H groups in total. The molecule has 9 aromatic rings. The fraction of sp³-hybridized carbons (Fsp3) is 0.123. The van der Waals surface area contributed by atoms with Crippen LogP contribution >= 0.6 is 39.0 Å². The van der Waals surface area contributed by atoms with Crippen molar-refractivity contribution in [1.82, 2.24) is 0 Å². The Kier molecular flexibility index (Phi) is 10.6. The van der Waals surface area contributed by atoms with E-state index in [1.54, 1.807) is 0 Å². The molecule has 8 aromatic carbocycles. The van der Waals surface area contributed by atoms with Gasteiger partial charge in [0.25, 0.3) is 0 Å². The minimum Gasteiger partial charge on any atom is -0.0888 e. The van der Waals surface area contributed by atoms with Gasteiger partial charge in [-0.05, 0) is 180 Å². The number of allylic oxidation sites excluding steroid dienone is 10. The van der Waals surface area contributed by atoms with E-state index in [1.165, 1.54) is 134 Å². The summed E-state index contributed by atoms with van der Waals surface area (Å²) in [6.45, 7) is 2.44. The lowest BCUT2D eigenvalue weighted by Crippen LogP contribution is -2.07. The van der Waals surface area contributed by atoms with Gasteiger partial charge in [-0.2, -0.15) is 0 Å². The number of thioether (sulfide) groups is 1. The molecular formula is C65H48BrS2+. The summed E-state index contributed by atoms with van der Waals surface area (Å²) in [6.07, 6.45) is 14.0. The number of fused-ring (bicyclic) bond motifs is 6. The van der Waals surface area contributed by atoms with Gasteiger partial charge in [-0.1, -0.05) is 180 Å². The zero-order valence-corrected chi connectivity index (χ0v) is 41.2. The molecule has 0 saturated heterocycles. The van der Waals surface area contributed by atoms with Gasteiger partial charge in [-0.25, -0.2) is 0 Å². The molecule has 4 aliphatic rings. The molecule has 1 unspecified atom stereocenters. The molecule has 1 aromatic heterocycles. The fourth-order valence-electron chi connectivity index (χ4n) is 11.2. The molecule has 0 amide bonds. The zero-order valence-electron chi connectivity index (χ0n) is 38.0. The topological polar surface area (TPSA) is 0 Å². The van der Waals surface area contributed by atoms with Gasteiger partial charge in [0.2, 0.25) is 21.1 Å². The summed E-state index contributed by atoms with van der Waals surface area (Å²) in [6, 6.07) is 65.5. The first kappa shape index (κ1) is 41.8. The Hall–Kier alpha value is -6.36. The van der Waals surface area contributed by atoms with E-state index in [0.717, 1.165) is 38.5 Å². The van der Waals surface area contributed by atoms with Crippen LogP contribution in [0.1, 0.15) is 60.6 Å². The van der Waals surface area contributed by atoms with Crippen LogP contribution in [0.4, 0.5) is 0 Å². The summed E-state index contributed by atoms with van der Waals surface area (Å²) in [5.74, 6) is 0.540. The Morgan fingerprint density at radius 2 is 1.03 bits per heavy atom. The van der Waals surface area contributed by atoms with E-state index in [-0.39, 0.29) is 0 Å². The summed E-state index contributed by atoms with van der Waals surface area (Å²) in [5, 5.41) is 10.3. The van der Waals surface area contributed by atoms with Gasteiger partial charge in [0.05, 0.1) is 0 Å². The summed E-state index contributed by atoms with van der Waals surface area (Å²) in [4.78, 5) is 5.52. The van der Waals surface area contributed by atoms with Crippen LogP contribution in [-0.4, -0.2) is 0 Å². The minimum absolute atomic E-state index is 0.540. The van der Waals surface area contributed by atoms with E-state index >= 15 is 0 Å². The molecule has 0 radical (unpaired) electrons. The minimum atomic E-state index is 0.540. The second kappa shape index (κ2) is 17.3. The molecule has 68 heavy (non-hydrogen) atoms. The molecule has 2 heterocycles. The maximum atomic E-state index is 4.30. The van der Waals surface area contributed by atoms with E-state index in [0.29, 0.717) is 5.92 Å². The Morgan fingerprint density at radius 1 is 0.500 bits per heavy atom. The van der Waals surface area contributed by atoms with Crippen LogP contribution in [-0.2, 0) is 6.42 Å². The molecule has 1 aliphatic heterocycles. The van der Waals surface area contributed by atoms with Crippen LogP contribution in [0.25, 0.3) is 80.7 Å². The fourth-order valence-corrected chi connectivity index (χ4v) is 14.3. The van der Waals surface area contributed by atoms with Gasteiger partial charge < -0.3 is 0 Å². The van der Waals surface area contributed by atoms with Crippen molar-refractivity contribution in [3.05, 3.63) is 247 Å². The van der Waals surface area contributed by atoms with Crippen LogP contribution in [0.15, 0.2) is 226 Å². The van der Waals surface area contributed by atoms with Crippen LogP contribution in [0.3, 0.4) is 0 Å². The van der Waals surface area contributed by atoms with Crippen LogP contribution in [0, 0.1) is 5.92 Å². The highest BCUT2D eigenvalue weighted by molar-refractivity contribution is 9.12. The van der Waals surface area contributed by atoms with Crippen LogP contribution in [0.5, 0.6) is 0 Å². The van der Waals surface area contributed by atoms with Gasteiger partial charge >= 0.3 is 0 Å². The number of benzene rings is 8. The van der Waals surface area contributed by atoms with Crippen molar-refractivity contribution < 1.29 is 0 Å². The molecule has 3 heteroatoms. The van der Waals surface area contributed by atoms with Crippen molar-refractivity contribution in [3.8, 4) is 21.6 Å². The number of hydrogen-bond acceptors (Lipinski definition) is 1. The molecule has 326 valence electrons. The molecule has 3 aliphatic carbocycles. The van der Waals surface area contributed by atoms with Gasteiger partial charge in [-0.3, -0.25) is 0 Å². The predicted octanol–water partition coefficient (Wildman–Crippen LogP) is 19.6. The monoisotopic (exact) mass is 971 g/mol. The molecule has 0 bridgehead atoms. The lowest BCUT2D eigenvalue weighted by molar-refractivity contribution is 0.564. The lowest BCUT2D eigenvalue weighted by atomic mass is 9.85. The van der Waals surface area contributed by atoms with E-state index in [2.05, 4.69) is 217 Å². The van der Waals surface area contributed by atoms with Crippen molar-refractivity contribution in [2.75, 3.05) is 0 Å². The molecule has 0 nitrogen and oxygen atoms in total. The molecule has 13 rings (SSSR count). The summed E-state index contributed by atoms with van der Waals surface area (Å²) in [5.41, 5.74) is 16.7. The quantitative estimate of drug-likeness (QED) is 0.150. The number of halogens is 1. The van der Waals surface area contributed by atoms with Crippen molar-refractivity contribution in [2.45, 2.75) is 45.4 Å². The zero-order chi connectivity index (χ0) is 45.3. The van der Waals surface area contributed by atoms with Crippen molar-refractivity contribution in [3.63, 3.8) is 0 Å². The third-order valence-corrected chi connectivity index (χ3v) is 18.2. The third kappa shape index (κ3) is 7.66. The van der Waals surface area contributed by atoms with E-state index in [9.17, 15) is 0 Å². The van der Waals surface area contributed by atoms with Crippen LogP contribution < -0.4 is 0 Å². The molecule has 0 saturated carbocycles. The highest BCUT2D eigenvalue weighted by Crippen LogP contribution is 2.54. The summed E-state index contributed by atoms with van der Waals surface area (Å²) in [7, 11) is 0. The third-order valence-electron chi connectivity index (χ3n) is 14.6. The summed E-state index contributed by atoms with van der Waals surface area (Å²) < 4.78 is 1.29. The van der Waals surface area contributed by atoms with Crippen molar-refractivity contribution in [1.29, 1.82) is 0 Å². The van der Waals surface area contributed by atoms with Crippen LogP contribution in [0.2, 0.25) is 0 Å². The van der Waals surface area contributed by atoms with Gasteiger partial charge in [-0.15, -0.1) is 0 Å². The smallest absolute Gasteiger partial charge is 0.0888 e. The normalized spacial score (nSPS) is 18.4. The van der Waals surface area contributed by atoms with E-state index in [1.807, 2.05) is 23.1 Å². The second-order valence-electron chi connectivity index (χ2n) is 19.1. The standard InChI is InChI=1S/C65H48BrS2/c1-40-30-55(36-53-26-28-57-59(49-22-18-41-10-2-6-14-45(41)32-49)38-61(67-64(53)57)51-24-20-43-12-4-8-16-47(43)34-51)63(66)56(31-40)37-54-27-29-58-60(50-23-19-42-11-3-7-15-46(42)33-50)39-62(68-65(54)58)52-25-21-44-13-5-9-17-48(44)35-52/h2-25,32-40H,26-31H2,1H3/q+1. The number of rotatable bonds is 6. The average molecular weight is 973 g/mol. The highest BCUT2D eigenvalue weighted by Gasteiger charge is 2.34. The highest BCUT2D eigenvalue weighted by atomic mass is 79.9. The van der Waals surface area contributed by atoms with Gasteiger partial charge in [0.15, 0.2) is 0 Å². The maximum absolute atomic E-state index is 4.30. The lowest BCUT2D eigenvalue weighted by Gasteiger charge is -2.24. The number of hydrogen-bond donors (Lipinski definition) is 0. The molecule has 0 spiro atoms. The SMILES string of the molecule is CC1CC(/C=C2\CCc3c(-c4ccc5ccccc5c4)cc(-c4ccc5ccccc5c4)[s+]c32)=C(Br)C(=C/C2=C3SC(c4ccc5ccccc5c4)=CC(c4ccc5ccccc5c4)=C3CC2)/C1.